The van der Waals surface area contributed by atoms with E-state index in [4.69, 9.17) is 0 Å². The highest BCUT2D eigenvalue weighted by Crippen LogP contribution is 2.31. The lowest BCUT2D eigenvalue weighted by Gasteiger charge is -2.13. The summed E-state index contributed by atoms with van der Waals surface area (Å²) in [6.45, 7) is 6.11. The van der Waals surface area contributed by atoms with Gasteiger partial charge in [-0.25, -0.2) is 4.79 Å². The van der Waals surface area contributed by atoms with E-state index in [-0.39, 0.29) is 11.8 Å². The van der Waals surface area contributed by atoms with Gasteiger partial charge in [-0.1, -0.05) is 33.6 Å². The van der Waals surface area contributed by atoms with Gasteiger partial charge >= 0.3 is 5.97 Å². The SMILES string of the molecule is CCCC[C@H](NC(=O)c1cc2c(C(C)C)nn(C)c2s1)C(=O)O. The highest BCUT2D eigenvalue weighted by molar-refractivity contribution is 7.20. The van der Waals surface area contributed by atoms with Crippen molar-refractivity contribution in [3.63, 3.8) is 0 Å². The van der Waals surface area contributed by atoms with Gasteiger partial charge in [0.1, 0.15) is 10.9 Å². The molecule has 0 radical (unpaired) electrons. The molecular formula is C16H23N3O3S. The van der Waals surface area contributed by atoms with Crippen molar-refractivity contribution >= 4 is 33.4 Å². The number of hydrogen-bond acceptors (Lipinski definition) is 4. The Kier molecular flexibility index (Phi) is 5.41. The topological polar surface area (TPSA) is 84.2 Å². The van der Waals surface area contributed by atoms with Crippen LogP contribution in [0.3, 0.4) is 0 Å². The van der Waals surface area contributed by atoms with Crippen LogP contribution < -0.4 is 5.32 Å². The molecule has 2 rings (SSSR count). The first kappa shape index (κ1) is 17.5. The zero-order chi connectivity index (χ0) is 17.1. The summed E-state index contributed by atoms with van der Waals surface area (Å²) >= 11 is 1.34. The predicted molar refractivity (Wildman–Crippen MR) is 91.1 cm³/mol. The number of carboxylic acid groups (broad SMARTS) is 1. The van der Waals surface area contributed by atoms with Gasteiger partial charge < -0.3 is 10.4 Å². The zero-order valence-corrected chi connectivity index (χ0v) is 14.7. The number of aliphatic carboxylic acids is 1. The van der Waals surface area contributed by atoms with Crippen LogP contribution in [0, 0.1) is 0 Å². The van der Waals surface area contributed by atoms with E-state index in [1.54, 1.807) is 4.68 Å². The van der Waals surface area contributed by atoms with Gasteiger partial charge in [0.05, 0.1) is 10.6 Å². The lowest BCUT2D eigenvalue weighted by Crippen LogP contribution is -2.40. The van der Waals surface area contributed by atoms with Gasteiger partial charge in [0.2, 0.25) is 0 Å². The average Bonchev–Trinajstić information content (AvgIpc) is 3.03. The van der Waals surface area contributed by atoms with Gasteiger partial charge in [0.15, 0.2) is 0 Å². The summed E-state index contributed by atoms with van der Waals surface area (Å²) in [4.78, 5) is 25.1. The Bertz CT molecular complexity index is 718. The fourth-order valence-electron chi connectivity index (χ4n) is 2.50. The van der Waals surface area contributed by atoms with Crippen LogP contribution in [-0.2, 0) is 11.8 Å². The van der Waals surface area contributed by atoms with E-state index in [2.05, 4.69) is 24.3 Å². The molecule has 23 heavy (non-hydrogen) atoms. The number of thiophene rings is 1. The van der Waals surface area contributed by atoms with E-state index in [9.17, 15) is 14.7 Å². The van der Waals surface area contributed by atoms with Crippen LogP contribution in [0.1, 0.15) is 61.3 Å². The molecule has 0 spiro atoms. The molecule has 1 atom stereocenters. The van der Waals surface area contributed by atoms with Crippen molar-refractivity contribution in [1.82, 2.24) is 15.1 Å². The monoisotopic (exact) mass is 337 g/mol. The molecule has 0 saturated carbocycles. The molecule has 2 heterocycles. The summed E-state index contributed by atoms with van der Waals surface area (Å²) in [5.41, 5.74) is 0.957. The normalized spacial score (nSPS) is 12.7. The fourth-order valence-corrected chi connectivity index (χ4v) is 3.48. The van der Waals surface area contributed by atoms with Gasteiger partial charge in [0.25, 0.3) is 5.91 Å². The minimum absolute atomic E-state index is 0.264. The largest absolute Gasteiger partial charge is 0.480 e. The van der Waals surface area contributed by atoms with Crippen LogP contribution in [0.25, 0.3) is 10.2 Å². The van der Waals surface area contributed by atoms with Crippen molar-refractivity contribution < 1.29 is 14.7 Å². The summed E-state index contributed by atoms with van der Waals surface area (Å²) in [6, 6.07) is 0.978. The van der Waals surface area contributed by atoms with Crippen molar-refractivity contribution in [2.45, 2.75) is 52.0 Å². The number of carbonyl (C=O) groups excluding carboxylic acids is 1. The maximum Gasteiger partial charge on any atom is 0.326 e. The minimum atomic E-state index is -0.988. The number of nitrogens with one attached hydrogen (secondary N) is 1. The third-order valence-electron chi connectivity index (χ3n) is 3.76. The van der Waals surface area contributed by atoms with Crippen LogP contribution >= 0.6 is 11.3 Å². The van der Waals surface area contributed by atoms with E-state index < -0.39 is 12.0 Å². The number of carbonyl (C=O) groups is 2. The molecule has 0 aromatic carbocycles. The predicted octanol–water partition coefficient (Wildman–Crippen LogP) is 3.13. The van der Waals surface area contributed by atoms with E-state index in [0.717, 1.165) is 28.8 Å². The van der Waals surface area contributed by atoms with Crippen molar-refractivity contribution in [2.75, 3.05) is 0 Å². The maximum absolute atomic E-state index is 12.4. The van der Waals surface area contributed by atoms with Crippen LogP contribution in [0.15, 0.2) is 6.07 Å². The highest BCUT2D eigenvalue weighted by atomic mass is 32.1. The number of rotatable bonds is 7. The molecule has 2 aromatic rings. The third kappa shape index (κ3) is 3.72. The van der Waals surface area contributed by atoms with E-state index in [1.165, 1.54) is 11.3 Å². The van der Waals surface area contributed by atoms with Crippen LogP contribution in [-0.4, -0.2) is 32.8 Å². The lowest BCUT2D eigenvalue weighted by molar-refractivity contribution is -0.139. The summed E-state index contributed by atoms with van der Waals surface area (Å²) < 4.78 is 1.78. The number of aromatic nitrogens is 2. The molecule has 0 bridgehead atoms. The van der Waals surface area contributed by atoms with E-state index in [1.807, 2.05) is 20.0 Å². The Labute approximate surface area is 139 Å². The molecule has 2 aromatic heterocycles. The number of unbranched alkanes of at least 4 members (excludes halogenated alkanes) is 1. The molecule has 0 fully saturated rings. The molecule has 7 heteroatoms. The number of aryl methyl sites for hydroxylation is 1. The van der Waals surface area contributed by atoms with Gasteiger partial charge in [-0.15, -0.1) is 11.3 Å². The number of carboxylic acids is 1. The maximum atomic E-state index is 12.4. The van der Waals surface area contributed by atoms with Crippen LogP contribution in [0.4, 0.5) is 0 Å². The second-order valence-corrected chi connectivity index (χ2v) is 7.03. The molecule has 0 saturated heterocycles. The molecule has 2 N–H and O–H groups in total. The molecule has 1 amide bonds. The first-order chi connectivity index (χ1) is 10.8. The standard InChI is InChI=1S/C16H23N3O3S/c1-5-6-7-11(16(21)22)17-14(20)12-8-10-13(9(2)3)18-19(4)15(10)23-12/h8-9,11H,5-7H2,1-4H3,(H,17,20)(H,21,22)/t11-/m0/s1. The minimum Gasteiger partial charge on any atom is -0.480 e. The quantitative estimate of drug-likeness (QED) is 0.813. The molecule has 6 nitrogen and oxygen atoms in total. The zero-order valence-electron chi connectivity index (χ0n) is 13.9. The Hall–Kier alpha value is -1.89. The van der Waals surface area contributed by atoms with Crippen LogP contribution in [0.5, 0.6) is 0 Å². The fraction of sp³-hybridized carbons (Fsp3) is 0.562. The Morgan fingerprint density at radius 3 is 2.70 bits per heavy atom. The lowest BCUT2D eigenvalue weighted by atomic mass is 10.1. The Balaban J connectivity index is 2.23. The molecule has 126 valence electrons. The van der Waals surface area contributed by atoms with Crippen molar-refractivity contribution in [3.8, 4) is 0 Å². The summed E-state index contributed by atoms with van der Waals surface area (Å²) in [5, 5.41) is 17.3. The molecule has 0 aliphatic heterocycles. The van der Waals surface area contributed by atoms with Crippen LogP contribution in [0.2, 0.25) is 0 Å². The average molecular weight is 337 g/mol. The molecule has 0 aliphatic rings. The smallest absolute Gasteiger partial charge is 0.326 e. The number of hydrogen-bond donors (Lipinski definition) is 2. The van der Waals surface area contributed by atoms with E-state index in [0.29, 0.717) is 11.3 Å². The second-order valence-electron chi connectivity index (χ2n) is 6.00. The van der Waals surface area contributed by atoms with Gasteiger partial charge in [-0.05, 0) is 18.4 Å². The van der Waals surface area contributed by atoms with Gasteiger partial charge in [-0.3, -0.25) is 9.48 Å². The van der Waals surface area contributed by atoms with Crippen molar-refractivity contribution in [3.05, 3.63) is 16.6 Å². The van der Waals surface area contributed by atoms with Crippen molar-refractivity contribution in [2.24, 2.45) is 7.05 Å². The summed E-state index contributed by atoms with van der Waals surface area (Å²) in [7, 11) is 1.85. The number of fused-ring (bicyclic) bond motifs is 1. The van der Waals surface area contributed by atoms with Gasteiger partial charge in [-0.2, -0.15) is 5.10 Å². The molecular weight excluding hydrogens is 314 g/mol. The summed E-state index contributed by atoms with van der Waals surface area (Å²) in [6.07, 6.45) is 2.11. The Morgan fingerprint density at radius 1 is 1.43 bits per heavy atom. The van der Waals surface area contributed by atoms with Crippen molar-refractivity contribution in [1.29, 1.82) is 0 Å². The first-order valence-corrected chi connectivity index (χ1v) is 8.66. The molecule has 0 aliphatic carbocycles. The second kappa shape index (κ2) is 7.12. The first-order valence-electron chi connectivity index (χ1n) is 7.85. The summed E-state index contributed by atoms with van der Waals surface area (Å²) in [5.74, 6) is -1.05. The third-order valence-corrected chi connectivity index (χ3v) is 4.96. The molecule has 0 unspecified atom stereocenters. The van der Waals surface area contributed by atoms with E-state index >= 15 is 0 Å². The number of nitrogens with zero attached hydrogens (tertiary/aromatic N) is 2. The van der Waals surface area contributed by atoms with Gasteiger partial charge in [0, 0.05) is 12.4 Å². The number of amides is 1. The highest BCUT2D eigenvalue weighted by Gasteiger charge is 2.23. The Morgan fingerprint density at radius 2 is 2.13 bits per heavy atom.